The zero-order chi connectivity index (χ0) is 103. The second kappa shape index (κ2) is 52.2. The van der Waals surface area contributed by atoms with E-state index in [4.69, 9.17) is 31.7 Å². The summed E-state index contributed by atoms with van der Waals surface area (Å²) in [4.78, 5) is 75.0. The van der Waals surface area contributed by atoms with E-state index in [9.17, 15) is 64.4 Å². The monoisotopic (exact) mass is 2000 g/mol. The standard InChI is InChI=1S/C27H44O.C25H37NO4.C22H28N2O.C22H32O2.C19H22O2.C4H13NO7P2/c1-19(2)8-6-9-21(4)25-15-16-26-22(10-7-17-27(25,26)5)12-13-23-18-24(28)14-11-20(23)3;1-2-26-25(30)13-9-4-3-8-12-21-22(24(29)18-23(21)28)17-16-20(27)15-14-19-10-6-5-7-11-19;1-2-22(25)24(20-11-7-4-8-12-20)21-14-17-23(18-15-21)16-13-19-9-5-3-6-10-19;1-5-22-13-14(2)19-17(18(22)9-11-21(22,4)24)7-6-15-12-16(23)8-10-20(15,19)3;1-2-19(21)10-9-17-16-5-3-12-11-13(20)4-6-14(12)15(16)7-8-18(17)19;5-3-1-2-4(6,13(7,8)9)14(10,11)12/h12-13,19,21,24-26,28H,3,6-11,14-18H2,1-2,4-5H3;3,5-8,10-11,16-17,20-24,27-29H,2,4,9,12-15,18H2,1H3,(H,26,30);3-12,21H,2,13-18H2,1H3;12,17-19,24H,2,5-11,13H2,1,3-4H3;1,4,6,11,15-18,20-21H,3,5,7-10H2;6H,1-3,5H2,(H2,7,8,9)(H2,10,11,12)/b22-12+,23-13-;8-3-,17-16+;;;;/t21-,24+,25-,26+,27-;20?,21-,22-,23+,24+;;17-,18-,19-,20-,21-,22-;15-,16-,17+,18?,19+;/m11.01./s1. The maximum absolute atomic E-state index is 12.5. The Morgan fingerprint density at radius 1 is 0.718 bits per heavy atom. The molecule has 21 atom stereocenters. The van der Waals surface area contributed by atoms with Gasteiger partial charge in [-0.2, -0.15) is 0 Å². The molecular weight excluding hydrogens is 1820 g/mol. The Morgan fingerprint density at radius 3 is 2.04 bits per heavy atom. The molecular formula is C119H176N4O17P2. The van der Waals surface area contributed by atoms with Gasteiger partial charge in [0.25, 0.3) is 5.08 Å². The fourth-order valence-corrected chi connectivity index (χ4v) is 30.3. The van der Waals surface area contributed by atoms with E-state index in [0.717, 1.165) is 177 Å². The minimum atomic E-state index is -5.30. The van der Waals surface area contributed by atoms with Crippen molar-refractivity contribution in [3.8, 4) is 18.1 Å². The quantitative estimate of drug-likeness (QED) is 0.00998. The zero-order valence-corrected chi connectivity index (χ0v) is 88.8. The van der Waals surface area contributed by atoms with E-state index < -0.39 is 56.2 Å². The molecule has 9 saturated carbocycles. The molecule has 23 heteroatoms. The van der Waals surface area contributed by atoms with Gasteiger partial charge in [0.05, 0.1) is 30.0 Å². The van der Waals surface area contributed by atoms with Gasteiger partial charge < -0.3 is 81.3 Å². The molecule has 4 aromatic carbocycles. The number of carbonyl (C=O) groups is 3. The lowest BCUT2D eigenvalue weighted by Crippen LogP contribution is -2.55. The van der Waals surface area contributed by atoms with Crippen molar-refractivity contribution in [3.05, 3.63) is 215 Å². The van der Waals surface area contributed by atoms with Crippen LogP contribution in [0.5, 0.6) is 5.75 Å². The van der Waals surface area contributed by atoms with E-state index in [2.05, 4.69) is 138 Å². The Hall–Kier alpha value is -7.03. The number of phenolic OH excluding ortho intramolecular Hbond substituents is 1. The number of anilines is 1. The summed E-state index contributed by atoms with van der Waals surface area (Å²) in [6.07, 6.45) is 53.5. The third-order valence-electron chi connectivity index (χ3n) is 35.9. The fourth-order valence-electron chi connectivity index (χ4n) is 28.0. The Labute approximate surface area is 850 Å². The van der Waals surface area contributed by atoms with E-state index in [1.54, 1.807) is 11.6 Å². The molecule has 15 N–H and O–H groups in total. The highest BCUT2D eigenvalue weighted by Gasteiger charge is 2.65. The minimum Gasteiger partial charge on any atom is -0.508 e. The molecule has 10 fully saturated rings. The highest BCUT2D eigenvalue weighted by molar-refractivity contribution is 7.72. The molecule has 0 aromatic heterocycles. The SMILES string of the molecule is C#C[C@]1(O)CC[C@@H]2C1CC[C@@H]1c3ccc(O)cc3CC[C@H]12.C=C1CC[C@H](O)C/C1=C/C=C1\CCC[C@]2(C)[C@@H]([C@H](C)CCCC(C)C)CC[C@@H]12.C=C1C[C@@]2(CC)[C@@H](CC[C@]2(C)O)[C@@H]2CCC3=CC(=O)CC[C@]3(C)[C@@H]12.CCC(=O)N(c1ccccc1)C1CCN(CCc2ccccc2)CC1.CCNC(=O)CCC/C=C\C[C@@H]1[C@@H](/C=C/C(O)CCc2ccccc2)[C@@H](O)C[C@@H]1O.NCCCC(O)(P(=O)(O)O)P(=O)(O)O. The van der Waals surface area contributed by atoms with Crippen LogP contribution in [0.15, 0.2) is 193 Å². The largest absolute Gasteiger partial charge is 0.508 e. The summed E-state index contributed by atoms with van der Waals surface area (Å²) in [5.74, 6) is 10.7. The maximum Gasteiger partial charge on any atom is 0.369 e. The molecule has 784 valence electrons. The number of carbonyl (C=O) groups excluding carboxylic acids is 3. The number of nitrogens with two attached hydrogens (primary N) is 1. The van der Waals surface area contributed by atoms with Crippen LogP contribution in [0.1, 0.15) is 315 Å². The van der Waals surface area contributed by atoms with Gasteiger partial charge in [-0.25, -0.2) is 0 Å². The van der Waals surface area contributed by atoms with Crippen molar-refractivity contribution in [3.63, 3.8) is 0 Å². The van der Waals surface area contributed by atoms with Gasteiger partial charge in [-0.1, -0.05) is 230 Å². The predicted molar refractivity (Wildman–Crippen MR) is 571 cm³/mol. The highest BCUT2D eigenvalue weighted by Crippen LogP contribution is 2.72. The molecule has 142 heavy (non-hydrogen) atoms. The van der Waals surface area contributed by atoms with E-state index >= 15 is 0 Å². The number of aliphatic hydroxyl groups excluding tert-OH is 4. The van der Waals surface area contributed by atoms with E-state index in [1.165, 1.54) is 109 Å². The first-order valence-electron chi connectivity index (χ1n) is 54.3. The van der Waals surface area contributed by atoms with Crippen molar-refractivity contribution >= 4 is 38.5 Å². The molecule has 2 unspecified atom stereocenters. The summed E-state index contributed by atoms with van der Waals surface area (Å²) in [5, 5.41) is 81.2. The third-order valence-corrected chi connectivity index (χ3v) is 39.8. The van der Waals surface area contributed by atoms with Crippen LogP contribution in [0.3, 0.4) is 0 Å². The van der Waals surface area contributed by atoms with Gasteiger partial charge in [0.15, 0.2) is 5.78 Å². The van der Waals surface area contributed by atoms with Crippen LogP contribution in [0.4, 0.5) is 5.69 Å². The first kappa shape index (κ1) is 115. The number of ketones is 1. The number of aryl methyl sites for hydroxylation is 2. The summed E-state index contributed by atoms with van der Waals surface area (Å²) in [5.41, 5.74) is 17.6. The number of allylic oxidation sites excluding steroid dienone is 8. The molecule has 1 saturated heterocycles. The number of aliphatic hydroxyl groups is 7. The molecule has 11 aliphatic carbocycles. The number of aromatic hydroxyl groups is 1. The molecule has 21 nitrogen and oxygen atoms in total. The van der Waals surface area contributed by atoms with Gasteiger partial charge in [-0.05, 0) is 347 Å². The van der Waals surface area contributed by atoms with E-state index in [0.29, 0.717) is 109 Å². The third kappa shape index (κ3) is 28.5. The van der Waals surface area contributed by atoms with Gasteiger partial charge in [0.2, 0.25) is 11.8 Å². The number of rotatable bonds is 30. The zero-order valence-electron chi connectivity index (χ0n) is 87.0. The number of unbranched alkanes of at least 4 members (excludes halogenated alkanes) is 1. The molecule has 1 heterocycles. The molecule has 0 bridgehead atoms. The van der Waals surface area contributed by atoms with Crippen molar-refractivity contribution in [2.45, 2.75) is 359 Å². The fraction of sp³-hybridized carbons (Fsp3) is 0.639. The van der Waals surface area contributed by atoms with Crippen LogP contribution in [-0.2, 0) is 42.8 Å². The molecule has 12 aliphatic rings. The van der Waals surface area contributed by atoms with Crippen LogP contribution >= 0.6 is 15.2 Å². The number of benzene rings is 4. The number of hydrogen-bond acceptors (Lipinski definition) is 15. The number of amides is 2. The van der Waals surface area contributed by atoms with Crippen LogP contribution in [0.2, 0.25) is 0 Å². The first-order chi connectivity index (χ1) is 67.5. The van der Waals surface area contributed by atoms with Gasteiger partial charge in [-0.3, -0.25) is 23.5 Å². The number of nitrogens with one attached hydrogen (secondary N) is 1. The number of fused-ring (bicyclic) bond motifs is 11. The summed E-state index contributed by atoms with van der Waals surface area (Å²) < 4.78 is 21.4. The molecule has 4 aromatic rings. The Balaban J connectivity index is 0.000000165. The minimum absolute atomic E-state index is 0.0211. The van der Waals surface area contributed by atoms with Crippen LogP contribution in [-0.4, -0.2) is 162 Å². The lowest BCUT2D eigenvalue weighted by molar-refractivity contribution is -0.121. The molecule has 16 rings (SSSR count). The smallest absolute Gasteiger partial charge is 0.369 e. The lowest BCUT2D eigenvalue weighted by atomic mass is 9.44. The summed E-state index contributed by atoms with van der Waals surface area (Å²) in [6.45, 7) is 33.1. The van der Waals surface area contributed by atoms with Crippen molar-refractivity contribution in [2.24, 2.45) is 93.0 Å². The Kier molecular flexibility index (Phi) is 42.4. The molecule has 0 spiro atoms. The van der Waals surface area contributed by atoms with Crippen molar-refractivity contribution in [1.82, 2.24) is 10.2 Å². The maximum atomic E-state index is 12.5. The molecule has 0 radical (unpaired) electrons. The van der Waals surface area contributed by atoms with Crippen molar-refractivity contribution in [2.75, 3.05) is 37.6 Å². The van der Waals surface area contributed by atoms with Gasteiger partial charge in [0, 0.05) is 87.3 Å². The number of para-hydroxylation sites is 1. The topological polar surface area (TPSA) is 373 Å². The number of likely N-dealkylation sites (tertiary alicyclic amines) is 1. The van der Waals surface area contributed by atoms with Gasteiger partial charge in [-0.15, -0.1) is 6.42 Å². The second-order valence-corrected chi connectivity index (χ2v) is 49.1. The molecule has 1 aliphatic heterocycles. The Morgan fingerprint density at radius 2 is 1.39 bits per heavy atom. The summed E-state index contributed by atoms with van der Waals surface area (Å²) in [7, 11) is -10.6. The normalized spacial score (nSPS) is 31.6. The number of hydrogen-bond donors (Lipinski definition) is 14. The summed E-state index contributed by atoms with van der Waals surface area (Å²) >= 11 is 0. The number of nitrogens with zero attached hydrogens (tertiary/aromatic N) is 2. The lowest BCUT2D eigenvalue weighted by Gasteiger charge is -2.60. The highest BCUT2D eigenvalue weighted by atomic mass is 31.2. The van der Waals surface area contributed by atoms with Gasteiger partial charge in [0.1, 0.15) is 11.4 Å². The second-order valence-electron chi connectivity index (χ2n) is 45.1. The Bertz CT molecular complexity index is 5040. The van der Waals surface area contributed by atoms with E-state index in [-0.39, 0.29) is 53.5 Å². The first-order valence-corrected chi connectivity index (χ1v) is 57.5. The van der Waals surface area contributed by atoms with Crippen LogP contribution < -0.4 is 16.0 Å². The molecule has 2 amide bonds. The average molecular weight is 2000 g/mol. The number of piperidine rings is 1. The van der Waals surface area contributed by atoms with Crippen LogP contribution in [0.25, 0.3) is 0 Å². The van der Waals surface area contributed by atoms with E-state index in [1.807, 2.05) is 104 Å². The average Bonchev–Trinajstić information content (AvgIpc) is 1.50. The number of terminal acetylenes is 1. The van der Waals surface area contributed by atoms with Crippen LogP contribution in [0, 0.1) is 99.6 Å². The van der Waals surface area contributed by atoms with Crippen molar-refractivity contribution in [1.29, 1.82) is 0 Å². The van der Waals surface area contributed by atoms with Gasteiger partial charge >= 0.3 is 15.2 Å². The summed E-state index contributed by atoms with van der Waals surface area (Å²) in [6, 6.07) is 37.1. The van der Waals surface area contributed by atoms with Crippen molar-refractivity contribution < 1.29 is 83.9 Å². The predicted octanol–water partition coefficient (Wildman–Crippen LogP) is 21.7. The number of phenols is 1.